The van der Waals surface area contributed by atoms with Crippen molar-refractivity contribution in [2.24, 2.45) is 0 Å². The summed E-state index contributed by atoms with van der Waals surface area (Å²) >= 11 is 0. The second-order valence-corrected chi connectivity index (χ2v) is 11.4. The second kappa shape index (κ2) is 9.20. The minimum atomic E-state index is -0.421. The number of hydrogen-bond donors (Lipinski definition) is 1. The van der Waals surface area contributed by atoms with Gasteiger partial charge in [-0.25, -0.2) is 0 Å². The molecule has 1 N–H and O–H groups in total. The summed E-state index contributed by atoms with van der Waals surface area (Å²) in [4.78, 5) is 0. The van der Waals surface area contributed by atoms with Crippen LogP contribution in [0.2, 0.25) is 0 Å². The zero-order valence-electron chi connectivity index (χ0n) is 23.4. The molecule has 0 spiro atoms. The zero-order valence-corrected chi connectivity index (χ0v) is 23.4. The first-order valence-corrected chi connectivity index (χ1v) is 14.8. The first-order chi connectivity index (χ1) is 21.3. The van der Waals surface area contributed by atoms with Crippen molar-refractivity contribution in [3.05, 3.63) is 180 Å². The summed E-state index contributed by atoms with van der Waals surface area (Å²) in [5.74, 6) is 0. The number of anilines is 2. The van der Waals surface area contributed by atoms with Gasteiger partial charge in [0.05, 0.1) is 5.41 Å². The van der Waals surface area contributed by atoms with E-state index in [1.54, 1.807) is 0 Å². The van der Waals surface area contributed by atoms with Gasteiger partial charge in [0.2, 0.25) is 0 Å². The van der Waals surface area contributed by atoms with Crippen LogP contribution in [0.4, 0.5) is 11.4 Å². The van der Waals surface area contributed by atoms with E-state index in [9.17, 15) is 0 Å². The van der Waals surface area contributed by atoms with Crippen LogP contribution in [0, 0.1) is 0 Å². The van der Waals surface area contributed by atoms with E-state index in [2.05, 4.69) is 163 Å². The Morgan fingerprint density at radius 1 is 0.442 bits per heavy atom. The summed E-state index contributed by atoms with van der Waals surface area (Å²) in [6.07, 6.45) is 0. The van der Waals surface area contributed by atoms with Crippen LogP contribution < -0.4 is 5.32 Å². The van der Waals surface area contributed by atoms with E-state index in [0.717, 1.165) is 38.7 Å². The van der Waals surface area contributed by atoms with E-state index >= 15 is 0 Å². The van der Waals surface area contributed by atoms with Gasteiger partial charge in [-0.1, -0.05) is 121 Å². The van der Waals surface area contributed by atoms with Gasteiger partial charge in [-0.2, -0.15) is 0 Å². The number of fused-ring (bicyclic) bond motifs is 8. The molecule has 0 saturated carbocycles. The zero-order chi connectivity index (χ0) is 28.4. The average Bonchev–Trinajstić information content (AvgIpc) is 3.59. The summed E-state index contributed by atoms with van der Waals surface area (Å²) in [6.45, 7) is 0. The number of hydrogen-bond acceptors (Lipinski definition) is 2. The van der Waals surface area contributed by atoms with Gasteiger partial charge in [0, 0.05) is 33.6 Å². The molecule has 0 amide bonds. The molecule has 1 aliphatic carbocycles. The molecule has 0 saturated heterocycles. The Morgan fingerprint density at radius 2 is 1.07 bits per heavy atom. The molecule has 0 bridgehead atoms. The first-order valence-electron chi connectivity index (χ1n) is 14.8. The fourth-order valence-electron chi connectivity index (χ4n) is 7.27. The highest BCUT2D eigenvalue weighted by molar-refractivity contribution is 6.15. The summed E-state index contributed by atoms with van der Waals surface area (Å²) in [5, 5.41) is 8.31. The molecule has 0 radical (unpaired) electrons. The lowest BCUT2D eigenvalue weighted by atomic mass is 9.67. The minimum Gasteiger partial charge on any atom is -0.455 e. The summed E-state index contributed by atoms with van der Waals surface area (Å²) in [7, 11) is 0. The van der Waals surface area contributed by atoms with E-state index in [0.29, 0.717) is 0 Å². The fourth-order valence-corrected chi connectivity index (χ4v) is 7.27. The Hall–Kier alpha value is -5.60. The van der Waals surface area contributed by atoms with Crippen LogP contribution in [0.15, 0.2) is 162 Å². The Labute approximate surface area is 249 Å². The van der Waals surface area contributed by atoms with Gasteiger partial charge >= 0.3 is 0 Å². The van der Waals surface area contributed by atoms with Crippen molar-refractivity contribution in [2.75, 3.05) is 5.32 Å². The molecule has 0 aliphatic heterocycles. The maximum absolute atomic E-state index is 6.47. The molecule has 0 atom stereocenters. The Balaban J connectivity index is 1.21. The third-order valence-corrected chi connectivity index (χ3v) is 9.11. The lowest BCUT2D eigenvalue weighted by molar-refractivity contribution is 0.673. The smallest absolute Gasteiger partial charge is 0.143 e. The van der Waals surface area contributed by atoms with Crippen LogP contribution in [0.3, 0.4) is 0 Å². The first kappa shape index (κ1) is 24.0. The van der Waals surface area contributed by atoms with Gasteiger partial charge in [0.1, 0.15) is 11.2 Å². The third-order valence-electron chi connectivity index (χ3n) is 9.11. The van der Waals surface area contributed by atoms with Gasteiger partial charge < -0.3 is 9.73 Å². The lowest BCUT2D eigenvalue weighted by Crippen LogP contribution is -2.28. The highest BCUT2D eigenvalue weighted by Crippen LogP contribution is 2.56. The molecule has 1 aromatic heterocycles. The molecule has 7 aromatic carbocycles. The van der Waals surface area contributed by atoms with Crippen LogP contribution in [-0.2, 0) is 5.41 Å². The summed E-state index contributed by atoms with van der Waals surface area (Å²) in [6, 6.07) is 56.7. The van der Waals surface area contributed by atoms with E-state index in [4.69, 9.17) is 4.42 Å². The van der Waals surface area contributed by atoms with Crippen molar-refractivity contribution < 1.29 is 4.42 Å². The Bertz CT molecular complexity index is 2280. The van der Waals surface area contributed by atoms with Crippen LogP contribution >= 0.6 is 0 Å². The SMILES string of the molecule is c1ccc(C2(c3ccccc3)c3ccccc3-c3ccc(Nc4ccc5c(c4)oc4c6ccccc6ccc54)cc32)cc1. The van der Waals surface area contributed by atoms with Crippen molar-refractivity contribution in [2.45, 2.75) is 5.41 Å². The van der Waals surface area contributed by atoms with Gasteiger partial charge in [0.15, 0.2) is 0 Å². The lowest BCUT2D eigenvalue weighted by Gasteiger charge is -2.34. The maximum Gasteiger partial charge on any atom is 0.143 e. The quantitative estimate of drug-likeness (QED) is 0.236. The van der Waals surface area contributed by atoms with Crippen molar-refractivity contribution in [3.63, 3.8) is 0 Å². The van der Waals surface area contributed by atoms with E-state index in [-0.39, 0.29) is 0 Å². The average molecular weight is 550 g/mol. The monoisotopic (exact) mass is 549 g/mol. The number of nitrogens with one attached hydrogen (secondary N) is 1. The van der Waals surface area contributed by atoms with Gasteiger partial charge in [-0.05, 0) is 69.1 Å². The molecule has 0 fully saturated rings. The molecule has 2 heteroatoms. The molecule has 1 aliphatic rings. The molecule has 43 heavy (non-hydrogen) atoms. The molecule has 202 valence electrons. The van der Waals surface area contributed by atoms with Gasteiger partial charge in [-0.15, -0.1) is 0 Å². The summed E-state index contributed by atoms with van der Waals surface area (Å²) in [5.41, 5.74) is 11.1. The molecule has 0 unspecified atom stereocenters. The molecule has 1 heterocycles. The van der Waals surface area contributed by atoms with Crippen molar-refractivity contribution >= 4 is 44.1 Å². The van der Waals surface area contributed by atoms with Crippen molar-refractivity contribution in [1.82, 2.24) is 0 Å². The van der Waals surface area contributed by atoms with Crippen LogP contribution in [-0.4, -0.2) is 0 Å². The van der Waals surface area contributed by atoms with Gasteiger partial charge in [-0.3, -0.25) is 0 Å². The fraction of sp³-hybridized carbons (Fsp3) is 0.0244. The van der Waals surface area contributed by atoms with Crippen LogP contribution in [0.5, 0.6) is 0 Å². The van der Waals surface area contributed by atoms with Crippen LogP contribution in [0.25, 0.3) is 43.8 Å². The second-order valence-electron chi connectivity index (χ2n) is 11.4. The van der Waals surface area contributed by atoms with Gasteiger partial charge in [0.25, 0.3) is 0 Å². The van der Waals surface area contributed by atoms with Crippen LogP contribution in [0.1, 0.15) is 22.3 Å². The van der Waals surface area contributed by atoms with E-state index < -0.39 is 5.41 Å². The largest absolute Gasteiger partial charge is 0.455 e. The van der Waals surface area contributed by atoms with Crippen molar-refractivity contribution in [3.8, 4) is 11.1 Å². The molecular formula is C41H27NO. The number of benzene rings is 7. The Morgan fingerprint density at radius 3 is 1.88 bits per heavy atom. The third kappa shape index (κ3) is 3.47. The molecule has 9 rings (SSSR count). The van der Waals surface area contributed by atoms with E-state index in [1.165, 1.54) is 38.8 Å². The van der Waals surface area contributed by atoms with E-state index in [1.807, 2.05) is 0 Å². The highest BCUT2D eigenvalue weighted by Gasteiger charge is 2.46. The number of rotatable bonds is 4. The topological polar surface area (TPSA) is 25.2 Å². The minimum absolute atomic E-state index is 0.421. The predicted octanol–water partition coefficient (Wildman–Crippen LogP) is 10.8. The highest BCUT2D eigenvalue weighted by atomic mass is 16.3. The van der Waals surface area contributed by atoms with Crippen molar-refractivity contribution in [1.29, 1.82) is 0 Å². The predicted molar refractivity (Wildman–Crippen MR) is 178 cm³/mol. The standard InChI is InChI=1S/C41H27NO/c1-3-12-28(13-4-1)41(29-14-5-2-6-15-29)37-18-10-9-17-33(37)34-23-20-30(25-38(34)41)42-31-21-24-35-36-22-19-27-11-7-8-16-32(27)40(36)43-39(35)26-31/h1-26,42H. The maximum atomic E-state index is 6.47. The number of furan rings is 1. The molecule has 8 aromatic rings. The molecule has 2 nitrogen and oxygen atoms in total. The Kier molecular flexibility index (Phi) is 5.15. The molecular weight excluding hydrogens is 522 g/mol. The normalized spacial score (nSPS) is 13.3. The summed E-state index contributed by atoms with van der Waals surface area (Å²) < 4.78 is 6.47.